The van der Waals surface area contributed by atoms with Crippen molar-refractivity contribution in [2.24, 2.45) is 11.8 Å². The van der Waals surface area contributed by atoms with E-state index in [1.807, 2.05) is 23.9 Å². The number of nitrogens with one attached hydrogen (secondary N) is 1. The normalized spacial score (nSPS) is 26.2. The van der Waals surface area contributed by atoms with E-state index in [1.165, 1.54) is 18.4 Å². The molecule has 0 radical (unpaired) electrons. The van der Waals surface area contributed by atoms with Crippen molar-refractivity contribution in [1.82, 2.24) is 10.2 Å². The third-order valence-electron chi connectivity index (χ3n) is 5.34. The van der Waals surface area contributed by atoms with E-state index in [4.69, 9.17) is 11.6 Å². The summed E-state index contributed by atoms with van der Waals surface area (Å²) < 4.78 is 0. The summed E-state index contributed by atoms with van der Waals surface area (Å²) in [6, 6.07) is 8.16. The Morgan fingerprint density at radius 3 is 2.92 bits per heavy atom. The molecule has 132 valence electrons. The van der Waals surface area contributed by atoms with Crippen LogP contribution in [-0.2, 0) is 4.79 Å². The lowest BCUT2D eigenvalue weighted by Crippen LogP contribution is -2.42. The third kappa shape index (κ3) is 4.47. The predicted octanol–water partition coefficient (Wildman–Crippen LogP) is 3.98. The van der Waals surface area contributed by atoms with Crippen molar-refractivity contribution in [3.8, 4) is 0 Å². The van der Waals surface area contributed by atoms with Crippen LogP contribution < -0.4 is 5.32 Å². The SMILES string of the molecule is CC(CC(=O)N1CCSCC1c1ccc(Cl)cc1)C1CCCNC1. The number of carbonyl (C=O) groups is 1. The monoisotopic (exact) mass is 366 g/mol. The molecule has 0 spiro atoms. The zero-order chi connectivity index (χ0) is 16.9. The molecule has 2 saturated heterocycles. The number of rotatable bonds is 4. The Kier molecular flexibility index (Phi) is 6.48. The fraction of sp³-hybridized carbons (Fsp3) is 0.632. The van der Waals surface area contributed by atoms with E-state index in [1.54, 1.807) is 0 Å². The molecule has 1 aromatic carbocycles. The highest BCUT2D eigenvalue weighted by Gasteiger charge is 2.30. The van der Waals surface area contributed by atoms with Crippen molar-refractivity contribution in [3.63, 3.8) is 0 Å². The minimum Gasteiger partial charge on any atom is -0.334 e. The van der Waals surface area contributed by atoms with Crippen LogP contribution in [0, 0.1) is 11.8 Å². The predicted molar refractivity (Wildman–Crippen MR) is 103 cm³/mol. The molecule has 3 unspecified atom stereocenters. The molecule has 2 fully saturated rings. The number of piperidine rings is 1. The standard InChI is InChI=1S/C19H27ClN2OS/c1-14(16-3-2-8-21-12-16)11-19(23)22-9-10-24-13-18(22)15-4-6-17(20)7-5-15/h4-7,14,16,18,21H,2-3,8-13H2,1H3. The second kappa shape index (κ2) is 8.59. The summed E-state index contributed by atoms with van der Waals surface area (Å²) in [6.07, 6.45) is 3.15. The maximum Gasteiger partial charge on any atom is 0.223 e. The molecular formula is C19H27ClN2OS. The minimum atomic E-state index is 0.185. The van der Waals surface area contributed by atoms with Crippen LogP contribution in [0.4, 0.5) is 0 Å². The Bertz CT molecular complexity index is 545. The van der Waals surface area contributed by atoms with E-state index < -0.39 is 0 Å². The van der Waals surface area contributed by atoms with E-state index in [9.17, 15) is 4.79 Å². The van der Waals surface area contributed by atoms with Crippen LogP contribution in [-0.4, -0.2) is 41.9 Å². The lowest BCUT2D eigenvalue weighted by molar-refractivity contribution is -0.134. The molecule has 0 aliphatic carbocycles. The number of hydrogen-bond acceptors (Lipinski definition) is 3. The summed E-state index contributed by atoms with van der Waals surface area (Å²) in [7, 11) is 0. The molecule has 5 heteroatoms. The van der Waals surface area contributed by atoms with Crippen LogP contribution in [0.1, 0.15) is 37.8 Å². The summed E-state index contributed by atoms with van der Waals surface area (Å²) in [5.74, 6) is 3.41. The Labute approximate surface area is 154 Å². The zero-order valence-electron chi connectivity index (χ0n) is 14.3. The molecule has 2 aliphatic heterocycles. The quantitative estimate of drug-likeness (QED) is 0.874. The Morgan fingerprint density at radius 2 is 2.21 bits per heavy atom. The summed E-state index contributed by atoms with van der Waals surface area (Å²) in [5.41, 5.74) is 1.20. The van der Waals surface area contributed by atoms with Gasteiger partial charge in [0.1, 0.15) is 0 Å². The number of nitrogens with zero attached hydrogens (tertiary/aromatic N) is 1. The summed E-state index contributed by atoms with van der Waals surface area (Å²) in [4.78, 5) is 15.1. The number of hydrogen-bond donors (Lipinski definition) is 1. The summed E-state index contributed by atoms with van der Waals surface area (Å²) in [6.45, 7) is 5.28. The first-order chi connectivity index (χ1) is 11.6. The number of carbonyl (C=O) groups excluding carboxylic acids is 1. The van der Waals surface area contributed by atoms with Gasteiger partial charge in [0.25, 0.3) is 0 Å². The number of halogens is 1. The molecule has 2 heterocycles. The summed E-state index contributed by atoms with van der Waals surface area (Å²) >= 11 is 7.95. The summed E-state index contributed by atoms with van der Waals surface area (Å²) in [5, 5.41) is 4.22. The molecule has 3 atom stereocenters. The highest BCUT2D eigenvalue weighted by Crippen LogP contribution is 2.32. The third-order valence-corrected chi connectivity index (χ3v) is 6.61. The lowest BCUT2D eigenvalue weighted by atomic mass is 9.85. The average molecular weight is 367 g/mol. The minimum absolute atomic E-state index is 0.185. The van der Waals surface area contributed by atoms with Gasteiger partial charge in [-0.05, 0) is 55.5 Å². The molecule has 0 saturated carbocycles. The van der Waals surface area contributed by atoms with Gasteiger partial charge in [0.2, 0.25) is 5.91 Å². The fourth-order valence-corrected chi connectivity index (χ4v) is 5.00. The smallest absolute Gasteiger partial charge is 0.223 e. The van der Waals surface area contributed by atoms with E-state index in [0.29, 0.717) is 24.2 Å². The Balaban J connectivity index is 1.65. The van der Waals surface area contributed by atoms with Gasteiger partial charge in [-0.1, -0.05) is 30.7 Å². The maximum absolute atomic E-state index is 13.0. The van der Waals surface area contributed by atoms with Crippen molar-refractivity contribution < 1.29 is 4.79 Å². The molecule has 0 bridgehead atoms. The van der Waals surface area contributed by atoms with Crippen LogP contribution >= 0.6 is 23.4 Å². The first-order valence-corrected chi connectivity index (χ1v) is 10.5. The van der Waals surface area contributed by atoms with Crippen LogP contribution in [0.5, 0.6) is 0 Å². The molecule has 1 N–H and O–H groups in total. The lowest BCUT2D eigenvalue weighted by Gasteiger charge is -2.37. The number of thioether (sulfide) groups is 1. The second-order valence-electron chi connectivity index (χ2n) is 7.02. The van der Waals surface area contributed by atoms with Gasteiger partial charge in [-0.3, -0.25) is 4.79 Å². The first-order valence-electron chi connectivity index (χ1n) is 8.98. The van der Waals surface area contributed by atoms with Gasteiger partial charge in [0, 0.05) is 29.5 Å². The molecule has 1 amide bonds. The zero-order valence-corrected chi connectivity index (χ0v) is 15.9. The van der Waals surface area contributed by atoms with Gasteiger partial charge < -0.3 is 10.2 Å². The van der Waals surface area contributed by atoms with Crippen LogP contribution in [0.3, 0.4) is 0 Å². The van der Waals surface area contributed by atoms with E-state index >= 15 is 0 Å². The van der Waals surface area contributed by atoms with Crippen LogP contribution in [0.25, 0.3) is 0 Å². The van der Waals surface area contributed by atoms with Gasteiger partial charge >= 0.3 is 0 Å². The Hall–Kier alpha value is -0.710. The fourth-order valence-electron chi connectivity index (χ4n) is 3.79. The molecule has 1 aromatic rings. The topological polar surface area (TPSA) is 32.3 Å². The molecule has 3 nitrogen and oxygen atoms in total. The van der Waals surface area contributed by atoms with Gasteiger partial charge in [-0.15, -0.1) is 0 Å². The maximum atomic E-state index is 13.0. The second-order valence-corrected chi connectivity index (χ2v) is 8.60. The highest BCUT2D eigenvalue weighted by molar-refractivity contribution is 7.99. The van der Waals surface area contributed by atoms with Gasteiger partial charge in [-0.25, -0.2) is 0 Å². The Morgan fingerprint density at radius 1 is 1.42 bits per heavy atom. The van der Waals surface area contributed by atoms with E-state index in [0.717, 1.165) is 36.2 Å². The van der Waals surface area contributed by atoms with Gasteiger partial charge in [0.15, 0.2) is 0 Å². The van der Waals surface area contributed by atoms with E-state index in [-0.39, 0.29) is 6.04 Å². The molecule has 2 aliphatic rings. The van der Waals surface area contributed by atoms with Crippen LogP contribution in [0.2, 0.25) is 5.02 Å². The van der Waals surface area contributed by atoms with Crippen molar-refractivity contribution in [2.45, 2.75) is 32.2 Å². The average Bonchev–Trinajstić information content (AvgIpc) is 2.63. The largest absolute Gasteiger partial charge is 0.334 e. The molecule has 0 aromatic heterocycles. The van der Waals surface area contributed by atoms with Crippen LogP contribution in [0.15, 0.2) is 24.3 Å². The number of amides is 1. The van der Waals surface area contributed by atoms with Crippen molar-refractivity contribution in [2.75, 3.05) is 31.1 Å². The highest BCUT2D eigenvalue weighted by atomic mass is 35.5. The van der Waals surface area contributed by atoms with E-state index in [2.05, 4.69) is 29.3 Å². The molecule has 3 rings (SSSR count). The van der Waals surface area contributed by atoms with Crippen molar-refractivity contribution >= 4 is 29.3 Å². The van der Waals surface area contributed by atoms with Gasteiger partial charge in [-0.2, -0.15) is 11.8 Å². The van der Waals surface area contributed by atoms with Crippen molar-refractivity contribution in [1.29, 1.82) is 0 Å². The first kappa shape index (κ1) is 18.1. The van der Waals surface area contributed by atoms with Crippen molar-refractivity contribution in [3.05, 3.63) is 34.9 Å². The molecule has 24 heavy (non-hydrogen) atoms. The number of benzene rings is 1. The van der Waals surface area contributed by atoms with Gasteiger partial charge in [0.05, 0.1) is 6.04 Å². The molecular weight excluding hydrogens is 340 g/mol.